The SMILES string of the molecule is COC(=O)C(O)C(O)c1cc(O)c(OC)cc1Br. The monoisotopic (exact) mass is 320 g/mol. The number of hydrogen-bond donors (Lipinski definition) is 3. The fourth-order valence-corrected chi connectivity index (χ4v) is 1.93. The number of methoxy groups -OCH3 is 2. The fourth-order valence-electron chi connectivity index (χ4n) is 1.37. The van der Waals surface area contributed by atoms with E-state index >= 15 is 0 Å². The van der Waals surface area contributed by atoms with Gasteiger partial charge in [0.1, 0.15) is 6.10 Å². The van der Waals surface area contributed by atoms with Crippen molar-refractivity contribution in [2.24, 2.45) is 0 Å². The molecule has 0 fully saturated rings. The van der Waals surface area contributed by atoms with Crippen LogP contribution in [-0.4, -0.2) is 41.6 Å². The normalized spacial score (nSPS) is 13.8. The summed E-state index contributed by atoms with van der Waals surface area (Å²) >= 11 is 3.15. The van der Waals surface area contributed by atoms with Gasteiger partial charge in [0.25, 0.3) is 0 Å². The number of ether oxygens (including phenoxy) is 2. The van der Waals surface area contributed by atoms with Gasteiger partial charge in [-0.3, -0.25) is 0 Å². The highest BCUT2D eigenvalue weighted by Crippen LogP contribution is 2.36. The number of halogens is 1. The lowest BCUT2D eigenvalue weighted by molar-refractivity contribution is -0.156. The van der Waals surface area contributed by atoms with Crippen LogP contribution in [0.25, 0.3) is 0 Å². The van der Waals surface area contributed by atoms with Gasteiger partial charge in [0.15, 0.2) is 17.6 Å². The van der Waals surface area contributed by atoms with Gasteiger partial charge < -0.3 is 24.8 Å². The number of aliphatic hydroxyl groups excluding tert-OH is 2. The first-order chi connectivity index (χ1) is 8.42. The van der Waals surface area contributed by atoms with Crippen molar-refractivity contribution in [1.82, 2.24) is 0 Å². The van der Waals surface area contributed by atoms with Crippen LogP contribution >= 0.6 is 15.9 Å². The molecule has 2 unspecified atom stereocenters. The van der Waals surface area contributed by atoms with Crippen LogP contribution in [0.15, 0.2) is 16.6 Å². The first-order valence-electron chi connectivity index (χ1n) is 4.92. The van der Waals surface area contributed by atoms with E-state index in [1.807, 2.05) is 0 Å². The molecule has 100 valence electrons. The summed E-state index contributed by atoms with van der Waals surface area (Å²) in [5.41, 5.74) is 0.145. The van der Waals surface area contributed by atoms with Gasteiger partial charge in [-0.2, -0.15) is 0 Å². The lowest BCUT2D eigenvalue weighted by atomic mass is 10.0. The smallest absolute Gasteiger partial charge is 0.337 e. The zero-order valence-electron chi connectivity index (χ0n) is 9.75. The Morgan fingerprint density at radius 2 is 1.94 bits per heavy atom. The van der Waals surface area contributed by atoms with Crippen molar-refractivity contribution in [2.45, 2.75) is 12.2 Å². The van der Waals surface area contributed by atoms with Crippen molar-refractivity contribution in [3.63, 3.8) is 0 Å². The Morgan fingerprint density at radius 1 is 1.33 bits per heavy atom. The van der Waals surface area contributed by atoms with Crippen LogP contribution in [0.3, 0.4) is 0 Å². The van der Waals surface area contributed by atoms with E-state index in [9.17, 15) is 20.1 Å². The minimum absolute atomic E-state index is 0.145. The summed E-state index contributed by atoms with van der Waals surface area (Å²) in [6, 6.07) is 2.61. The molecule has 0 aliphatic heterocycles. The van der Waals surface area contributed by atoms with Gasteiger partial charge in [-0.05, 0) is 12.1 Å². The van der Waals surface area contributed by atoms with Crippen molar-refractivity contribution in [2.75, 3.05) is 14.2 Å². The van der Waals surface area contributed by atoms with E-state index in [1.165, 1.54) is 19.2 Å². The second-order valence-electron chi connectivity index (χ2n) is 3.46. The number of phenols is 1. The molecule has 1 rings (SSSR count). The molecule has 0 heterocycles. The molecule has 18 heavy (non-hydrogen) atoms. The standard InChI is InChI=1S/C11H13BrO6/c1-17-8-4-6(12)5(3-7(8)13)9(14)10(15)11(16)18-2/h3-4,9-10,13-15H,1-2H3. The average molecular weight is 321 g/mol. The summed E-state index contributed by atoms with van der Waals surface area (Å²) in [5.74, 6) is -0.984. The van der Waals surface area contributed by atoms with Gasteiger partial charge in [0, 0.05) is 10.0 Å². The zero-order valence-corrected chi connectivity index (χ0v) is 11.3. The number of aromatic hydroxyl groups is 1. The maximum absolute atomic E-state index is 11.1. The lowest BCUT2D eigenvalue weighted by Crippen LogP contribution is -2.29. The first kappa shape index (κ1) is 14.7. The largest absolute Gasteiger partial charge is 0.504 e. The molecule has 7 heteroatoms. The van der Waals surface area contributed by atoms with Crippen LogP contribution in [-0.2, 0) is 9.53 Å². The molecule has 3 N–H and O–H groups in total. The van der Waals surface area contributed by atoms with E-state index in [1.54, 1.807) is 0 Å². The van der Waals surface area contributed by atoms with Gasteiger partial charge in [-0.1, -0.05) is 15.9 Å². The van der Waals surface area contributed by atoms with Gasteiger partial charge >= 0.3 is 5.97 Å². The van der Waals surface area contributed by atoms with Crippen LogP contribution in [0, 0.1) is 0 Å². The summed E-state index contributed by atoms with van der Waals surface area (Å²) in [6.07, 6.45) is -3.26. The molecule has 2 atom stereocenters. The molecular formula is C11H13BrO6. The van der Waals surface area contributed by atoms with E-state index in [0.717, 1.165) is 7.11 Å². The van der Waals surface area contributed by atoms with E-state index in [4.69, 9.17) is 4.74 Å². The molecule has 0 aromatic heterocycles. The van der Waals surface area contributed by atoms with E-state index in [-0.39, 0.29) is 17.1 Å². The summed E-state index contributed by atoms with van der Waals surface area (Å²) in [5, 5.41) is 28.9. The van der Waals surface area contributed by atoms with Crippen molar-refractivity contribution in [1.29, 1.82) is 0 Å². The molecule has 1 aromatic carbocycles. The minimum atomic E-state index is -1.74. The fraction of sp³-hybridized carbons (Fsp3) is 0.364. The lowest BCUT2D eigenvalue weighted by Gasteiger charge is -2.18. The zero-order chi connectivity index (χ0) is 13.9. The van der Waals surface area contributed by atoms with E-state index < -0.39 is 18.2 Å². The van der Waals surface area contributed by atoms with Crippen molar-refractivity contribution in [3.05, 3.63) is 22.2 Å². The topological polar surface area (TPSA) is 96.2 Å². The number of phenolic OH excluding ortho intramolecular Hbond substituents is 1. The molecule has 0 saturated carbocycles. The summed E-state index contributed by atoms with van der Waals surface area (Å²) in [7, 11) is 2.47. The third kappa shape index (κ3) is 2.92. The van der Waals surface area contributed by atoms with E-state index in [0.29, 0.717) is 4.47 Å². The molecule has 1 aromatic rings. The minimum Gasteiger partial charge on any atom is -0.504 e. The summed E-state index contributed by atoms with van der Waals surface area (Å²) in [6.45, 7) is 0. The van der Waals surface area contributed by atoms with Crippen LogP contribution in [0.2, 0.25) is 0 Å². The Bertz CT molecular complexity index is 447. The van der Waals surface area contributed by atoms with Crippen molar-refractivity contribution < 1.29 is 29.6 Å². The van der Waals surface area contributed by atoms with Gasteiger partial charge in [-0.25, -0.2) is 4.79 Å². The average Bonchev–Trinajstić information content (AvgIpc) is 2.38. The molecule has 0 bridgehead atoms. The molecule has 0 spiro atoms. The second-order valence-corrected chi connectivity index (χ2v) is 4.31. The number of benzene rings is 1. The van der Waals surface area contributed by atoms with Gasteiger partial charge in [0.05, 0.1) is 14.2 Å². The molecular weight excluding hydrogens is 308 g/mol. The summed E-state index contributed by atoms with van der Waals surface area (Å²) < 4.78 is 9.57. The Kier molecular flexibility index (Phi) is 4.94. The highest BCUT2D eigenvalue weighted by Gasteiger charge is 2.28. The highest BCUT2D eigenvalue weighted by atomic mass is 79.9. The third-order valence-electron chi connectivity index (χ3n) is 2.36. The number of hydrogen-bond acceptors (Lipinski definition) is 6. The maximum Gasteiger partial charge on any atom is 0.337 e. The Labute approximate surface area is 112 Å². The summed E-state index contributed by atoms with van der Waals surface area (Å²) in [4.78, 5) is 11.1. The number of aliphatic hydroxyl groups is 2. The second kappa shape index (κ2) is 6.03. The van der Waals surface area contributed by atoms with Crippen LogP contribution in [0.5, 0.6) is 11.5 Å². The van der Waals surface area contributed by atoms with Crippen LogP contribution in [0.4, 0.5) is 0 Å². The van der Waals surface area contributed by atoms with Crippen molar-refractivity contribution >= 4 is 21.9 Å². The van der Waals surface area contributed by atoms with E-state index in [2.05, 4.69) is 20.7 Å². The van der Waals surface area contributed by atoms with Crippen LogP contribution in [0.1, 0.15) is 11.7 Å². The Morgan fingerprint density at radius 3 is 2.44 bits per heavy atom. The molecule has 0 radical (unpaired) electrons. The third-order valence-corrected chi connectivity index (χ3v) is 3.05. The Balaban J connectivity index is 3.10. The van der Waals surface area contributed by atoms with Crippen molar-refractivity contribution in [3.8, 4) is 11.5 Å². The first-order valence-corrected chi connectivity index (χ1v) is 5.72. The predicted octanol–water partition coefficient (Wildman–Crippen LogP) is 0.731. The number of rotatable bonds is 4. The number of carbonyl (C=O) groups is 1. The molecule has 6 nitrogen and oxygen atoms in total. The van der Waals surface area contributed by atoms with Gasteiger partial charge in [0.2, 0.25) is 0 Å². The molecule has 0 aliphatic carbocycles. The molecule has 0 amide bonds. The Hall–Kier alpha value is -1.31. The van der Waals surface area contributed by atoms with Crippen LogP contribution < -0.4 is 4.74 Å². The molecule has 0 aliphatic rings. The highest BCUT2D eigenvalue weighted by molar-refractivity contribution is 9.10. The number of esters is 1. The number of carbonyl (C=O) groups excluding carboxylic acids is 1. The predicted molar refractivity (Wildman–Crippen MR) is 65.3 cm³/mol. The maximum atomic E-state index is 11.1. The quantitative estimate of drug-likeness (QED) is 0.708. The van der Waals surface area contributed by atoms with Gasteiger partial charge in [-0.15, -0.1) is 0 Å². The molecule has 0 saturated heterocycles.